The second-order valence-electron chi connectivity index (χ2n) is 6.16. The van der Waals surface area contributed by atoms with Gasteiger partial charge in [0.2, 0.25) is 0 Å². The number of carbonyl (C=O) groups excluding carboxylic acids is 1. The molecule has 0 amide bonds. The maximum Gasteiger partial charge on any atom is 0.159 e. The summed E-state index contributed by atoms with van der Waals surface area (Å²) in [7, 11) is 0. The summed E-state index contributed by atoms with van der Waals surface area (Å²) in [6, 6.07) is 14.7. The van der Waals surface area contributed by atoms with E-state index in [1.807, 2.05) is 12.1 Å². The van der Waals surface area contributed by atoms with Gasteiger partial charge in [0.15, 0.2) is 5.78 Å². The SMILES string of the molecule is O=C(Cc1ccc2c(c1)CCC2)C1Cc2ccccc2N1. The lowest BCUT2D eigenvalue weighted by Gasteiger charge is -2.11. The quantitative estimate of drug-likeness (QED) is 0.932. The molecule has 2 aromatic rings. The van der Waals surface area contributed by atoms with Gasteiger partial charge in [-0.2, -0.15) is 0 Å². The van der Waals surface area contributed by atoms with Crippen LogP contribution in [-0.2, 0) is 30.5 Å². The first-order valence-electron chi connectivity index (χ1n) is 7.77. The van der Waals surface area contributed by atoms with E-state index in [0.717, 1.165) is 12.1 Å². The summed E-state index contributed by atoms with van der Waals surface area (Å²) in [6.07, 6.45) is 4.98. The number of rotatable bonds is 3. The average Bonchev–Trinajstić information content (AvgIpc) is 3.13. The molecule has 1 aliphatic carbocycles. The van der Waals surface area contributed by atoms with Gasteiger partial charge in [-0.1, -0.05) is 36.4 Å². The molecule has 4 rings (SSSR count). The second kappa shape index (κ2) is 5.03. The van der Waals surface area contributed by atoms with Crippen LogP contribution in [0.4, 0.5) is 5.69 Å². The fourth-order valence-corrected chi connectivity index (χ4v) is 3.55. The molecule has 1 atom stereocenters. The summed E-state index contributed by atoms with van der Waals surface area (Å²) >= 11 is 0. The Bertz CT molecular complexity index is 679. The lowest BCUT2D eigenvalue weighted by molar-refractivity contribution is -0.119. The molecule has 1 aliphatic heterocycles. The highest BCUT2D eigenvalue weighted by atomic mass is 16.1. The molecule has 0 saturated heterocycles. The molecule has 2 nitrogen and oxygen atoms in total. The number of anilines is 1. The monoisotopic (exact) mass is 277 g/mol. The largest absolute Gasteiger partial charge is 0.375 e. The van der Waals surface area contributed by atoms with Crippen molar-refractivity contribution in [2.24, 2.45) is 0 Å². The standard InChI is InChI=1S/C19H19NO/c21-19(18-12-16-4-1-2-7-17(16)20-18)11-13-8-9-14-5-3-6-15(14)10-13/h1-2,4,7-10,18,20H,3,5-6,11-12H2. The minimum Gasteiger partial charge on any atom is -0.375 e. The summed E-state index contributed by atoms with van der Waals surface area (Å²) in [5, 5.41) is 3.36. The number of nitrogens with one attached hydrogen (secondary N) is 1. The number of fused-ring (bicyclic) bond motifs is 2. The van der Waals surface area contributed by atoms with Crippen LogP contribution in [0.5, 0.6) is 0 Å². The number of aryl methyl sites for hydroxylation is 2. The van der Waals surface area contributed by atoms with Crippen LogP contribution in [0.25, 0.3) is 0 Å². The van der Waals surface area contributed by atoms with E-state index in [1.54, 1.807) is 0 Å². The molecule has 2 aliphatic rings. The molecule has 0 aromatic heterocycles. The van der Waals surface area contributed by atoms with Crippen LogP contribution in [0, 0.1) is 0 Å². The topological polar surface area (TPSA) is 29.1 Å². The summed E-state index contributed by atoms with van der Waals surface area (Å²) in [4.78, 5) is 12.5. The predicted molar refractivity (Wildman–Crippen MR) is 84.7 cm³/mol. The van der Waals surface area contributed by atoms with Crippen molar-refractivity contribution in [1.29, 1.82) is 0 Å². The predicted octanol–water partition coefficient (Wildman–Crippen LogP) is 3.32. The Labute approximate surface area is 125 Å². The molecule has 1 N–H and O–H groups in total. The number of ketones is 1. The van der Waals surface area contributed by atoms with Crippen molar-refractivity contribution in [2.75, 3.05) is 5.32 Å². The minimum absolute atomic E-state index is 0.0596. The van der Waals surface area contributed by atoms with E-state index in [-0.39, 0.29) is 6.04 Å². The Morgan fingerprint density at radius 1 is 1.05 bits per heavy atom. The Morgan fingerprint density at radius 3 is 2.81 bits per heavy atom. The number of benzene rings is 2. The molecule has 106 valence electrons. The van der Waals surface area contributed by atoms with Gasteiger partial charge in [0.1, 0.15) is 0 Å². The minimum atomic E-state index is -0.0596. The van der Waals surface area contributed by atoms with Gasteiger partial charge in [-0.3, -0.25) is 4.79 Å². The fraction of sp³-hybridized carbons (Fsp3) is 0.316. The Hall–Kier alpha value is -2.09. The highest BCUT2D eigenvalue weighted by Gasteiger charge is 2.26. The summed E-state index contributed by atoms with van der Waals surface area (Å²) < 4.78 is 0. The zero-order valence-corrected chi connectivity index (χ0v) is 12.1. The van der Waals surface area contributed by atoms with Crippen LogP contribution in [0.1, 0.15) is 28.7 Å². The maximum absolute atomic E-state index is 12.5. The highest BCUT2D eigenvalue weighted by Crippen LogP contribution is 2.27. The number of hydrogen-bond donors (Lipinski definition) is 1. The van der Waals surface area contributed by atoms with Crippen LogP contribution in [0.3, 0.4) is 0 Å². The van der Waals surface area contributed by atoms with Crippen LogP contribution >= 0.6 is 0 Å². The van der Waals surface area contributed by atoms with E-state index >= 15 is 0 Å². The van der Waals surface area contributed by atoms with Crippen molar-refractivity contribution in [1.82, 2.24) is 0 Å². The maximum atomic E-state index is 12.5. The molecule has 1 unspecified atom stereocenters. The number of Topliss-reactive ketones (excluding diaryl/α,β-unsaturated/α-hetero) is 1. The van der Waals surface area contributed by atoms with Crippen molar-refractivity contribution < 1.29 is 4.79 Å². The molecule has 0 radical (unpaired) electrons. The van der Waals surface area contributed by atoms with Gasteiger partial charge in [0.25, 0.3) is 0 Å². The molecule has 0 spiro atoms. The molecule has 2 heteroatoms. The summed E-state index contributed by atoms with van der Waals surface area (Å²) in [5.41, 5.74) is 6.45. The molecule has 1 heterocycles. The second-order valence-corrected chi connectivity index (χ2v) is 6.16. The van der Waals surface area contributed by atoms with E-state index < -0.39 is 0 Å². The highest BCUT2D eigenvalue weighted by molar-refractivity contribution is 5.90. The van der Waals surface area contributed by atoms with Crippen molar-refractivity contribution in [3.63, 3.8) is 0 Å². The van der Waals surface area contributed by atoms with Gasteiger partial charge in [0.05, 0.1) is 6.04 Å². The van der Waals surface area contributed by atoms with E-state index in [0.29, 0.717) is 12.2 Å². The molecule has 21 heavy (non-hydrogen) atoms. The van der Waals surface area contributed by atoms with Crippen molar-refractivity contribution >= 4 is 11.5 Å². The summed E-state index contributed by atoms with van der Waals surface area (Å²) in [5.74, 6) is 0.296. The molecule has 2 aromatic carbocycles. The van der Waals surface area contributed by atoms with Crippen molar-refractivity contribution in [3.8, 4) is 0 Å². The van der Waals surface area contributed by atoms with Crippen LogP contribution in [0.2, 0.25) is 0 Å². The molecular weight excluding hydrogens is 258 g/mol. The average molecular weight is 277 g/mol. The van der Waals surface area contributed by atoms with Gasteiger partial charge in [-0.25, -0.2) is 0 Å². The third-order valence-corrected chi connectivity index (χ3v) is 4.70. The van der Waals surface area contributed by atoms with Crippen molar-refractivity contribution in [3.05, 3.63) is 64.7 Å². The van der Waals surface area contributed by atoms with Crippen LogP contribution in [0.15, 0.2) is 42.5 Å². The first kappa shape index (κ1) is 12.6. The first-order valence-corrected chi connectivity index (χ1v) is 7.77. The Kier molecular flexibility index (Phi) is 3.03. The van der Waals surface area contributed by atoms with E-state index in [4.69, 9.17) is 0 Å². The Balaban J connectivity index is 1.47. The van der Waals surface area contributed by atoms with Gasteiger partial charge >= 0.3 is 0 Å². The number of hydrogen-bond acceptors (Lipinski definition) is 2. The zero-order valence-electron chi connectivity index (χ0n) is 12.1. The number of carbonyl (C=O) groups is 1. The molecular formula is C19H19NO. The number of para-hydroxylation sites is 1. The third-order valence-electron chi connectivity index (χ3n) is 4.70. The van der Waals surface area contributed by atoms with Gasteiger partial charge in [0, 0.05) is 18.5 Å². The van der Waals surface area contributed by atoms with Crippen LogP contribution in [-0.4, -0.2) is 11.8 Å². The molecule has 0 fully saturated rings. The molecule has 0 saturated carbocycles. The third kappa shape index (κ3) is 2.35. The smallest absolute Gasteiger partial charge is 0.159 e. The van der Waals surface area contributed by atoms with E-state index in [1.165, 1.54) is 41.5 Å². The van der Waals surface area contributed by atoms with Gasteiger partial charge in [-0.15, -0.1) is 0 Å². The Morgan fingerprint density at radius 2 is 1.90 bits per heavy atom. The summed E-state index contributed by atoms with van der Waals surface area (Å²) in [6.45, 7) is 0. The van der Waals surface area contributed by atoms with Crippen LogP contribution < -0.4 is 5.32 Å². The molecule has 0 bridgehead atoms. The van der Waals surface area contributed by atoms with E-state index in [9.17, 15) is 4.79 Å². The first-order chi connectivity index (χ1) is 10.3. The van der Waals surface area contributed by atoms with Crippen molar-refractivity contribution in [2.45, 2.75) is 38.1 Å². The normalized spacial score (nSPS) is 19.0. The van der Waals surface area contributed by atoms with Gasteiger partial charge in [-0.05, 0) is 47.6 Å². The lowest BCUT2D eigenvalue weighted by atomic mass is 9.98. The zero-order chi connectivity index (χ0) is 14.2. The van der Waals surface area contributed by atoms with Gasteiger partial charge < -0.3 is 5.32 Å². The lowest BCUT2D eigenvalue weighted by Crippen LogP contribution is -2.28. The fourth-order valence-electron chi connectivity index (χ4n) is 3.55. The van der Waals surface area contributed by atoms with E-state index in [2.05, 4.69) is 35.6 Å².